The minimum absolute atomic E-state index is 0.881. The van der Waals surface area contributed by atoms with Gasteiger partial charge in [0, 0.05) is 80.4 Å². The molecule has 0 atom stereocenters. The molecule has 0 bridgehead atoms. The fourth-order valence-corrected chi connectivity index (χ4v) is 4.58. The lowest BCUT2D eigenvalue weighted by Crippen LogP contribution is -2.44. The normalized spacial score (nSPS) is 14.7. The maximum Gasteiger partial charge on any atom is 0.137 e. The molecule has 0 aliphatic carbocycles. The molecule has 0 radical (unpaired) electrons. The smallest absolute Gasteiger partial charge is 0.137 e. The Kier molecular flexibility index (Phi) is 6.90. The van der Waals surface area contributed by atoms with E-state index in [-0.39, 0.29) is 0 Å². The highest BCUT2D eigenvalue weighted by atomic mass is 15.2. The molecule has 1 aliphatic rings. The number of hydrogen-bond acceptors (Lipinski definition) is 5. The summed E-state index contributed by atoms with van der Waals surface area (Å²) in [4.78, 5) is 12.9. The molecule has 34 heavy (non-hydrogen) atoms. The first-order valence-corrected chi connectivity index (χ1v) is 12.2. The maximum absolute atomic E-state index is 4.71. The summed E-state index contributed by atoms with van der Waals surface area (Å²) in [7, 11) is 4.17. The monoisotopic (exact) mass is 454 g/mol. The van der Waals surface area contributed by atoms with Gasteiger partial charge in [0.25, 0.3) is 0 Å². The average Bonchev–Trinajstić information content (AvgIpc) is 3.31. The number of aromatic nitrogens is 2. The number of rotatable bonds is 8. The summed E-state index contributed by atoms with van der Waals surface area (Å²) >= 11 is 0. The summed E-state index contributed by atoms with van der Waals surface area (Å²) in [6, 6.07) is 20.0. The van der Waals surface area contributed by atoms with Crippen LogP contribution in [0, 0.1) is 0 Å². The van der Waals surface area contributed by atoms with Crippen LogP contribution in [0.4, 0.5) is 5.69 Å². The van der Waals surface area contributed by atoms with Crippen molar-refractivity contribution in [3.63, 3.8) is 0 Å². The standard InChI is InChI=1S/C28H34N6/c1-29-11-12-30-18-21-3-5-23(6-4-21)27-20-32-28-26(27)17-24(19-31-28)22-7-9-25(10-8-22)34-15-13-33(2)14-16-34/h3-10,17,19-20,29-30H,11-16,18H2,1-2H3,(H,31,32). The molecule has 4 aromatic rings. The van der Waals surface area contributed by atoms with Crippen LogP contribution < -0.4 is 15.5 Å². The molecule has 1 aliphatic heterocycles. The molecule has 2 aromatic carbocycles. The molecular weight excluding hydrogens is 420 g/mol. The van der Waals surface area contributed by atoms with Crippen molar-refractivity contribution in [3.05, 3.63) is 72.6 Å². The van der Waals surface area contributed by atoms with Gasteiger partial charge >= 0.3 is 0 Å². The van der Waals surface area contributed by atoms with Crippen LogP contribution in [0.15, 0.2) is 67.0 Å². The first kappa shape index (κ1) is 22.6. The molecule has 0 spiro atoms. The van der Waals surface area contributed by atoms with Crippen molar-refractivity contribution in [3.8, 4) is 22.3 Å². The third-order valence-corrected chi connectivity index (χ3v) is 6.75. The minimum atomic E-state index is 0.881. The molecular formula is C28H34N6. The van der Waals surface area contributed by atoms with Crippen molar-refractivity contribution in [1.29, 1.82) is 0 Å². The number of likely N-dealkylation sites (N-methyl/N-ethyl adjacent to an activating group) is 2. The van der Waals surface area contributed by atoms with Crippen LogP contribution in [0.1, 0.15) is 5.56 Å². The number of anilines is 1. The molecule has 3 N–H and O–H groups in total. The molecule has 1 saturated heterocycles. The highest BCUT2D eigenvalue weighted by molar-refractivity contribution is 5.95. The second-order valence-corrected chi connectivity index (χ2v) is 9.14. The van der Waals surface area contributed by atoms with Gasteiger partial charge in [-0.25, -0.2) is 4.98 Å². The van der Waals surface area contributed by atoms with Gasteiger partial charge in [-0.3, -0.25) is 0 Å². The number of H-pyrrole nitrogens is 1. The molecule has 6 nitrogen and oxygen atoms in total. The van der Waals surface area contributed by atoms with E-state index in [0.717, 1.165) is 62.4 Å². The summed E-state index contributed by atoms with van der Waals surface area (Å²) in [6.45, 7) is 7.22. The van der Waals surface area contributed by atoms with Gasteiger partial charge in [0.05, 0.1) is 0 Å². The highest BCUT2D eigenvalue weighted by Crippen LogP contribution is 2.32. The number of nitrogens with zero attached hydrogens (tertiary/aromatic N) is 3. The molecule has 0 unspecified atom stereocenters. The van der Waals surface area contributed by atoms with Crippen molar-refractivity contribution < 1.29 is 0 Å². The summed E-state index contributed by atoms with van der Waals surface area (Å²) < 4.78 is 0. The van der Waals surface area contributed by atoms with Crippen LogP contribution >= 0.6 is 0 Å². The van der Waals surface area contributed by atoms with Gasteiger partial charge in [-0.2, -0.15) is 0 Å². The van der Waals surface area contributed by atoms with Crippen LogP contribution in [-0.2, 0) is 6.54 Å². The molecule has 0 amide bonds. The van der Waals surface area contributed by atoms with Crippen LogP contribution in [0.3, 0.4) is 0 Å². The van der Waals surface area contributed by atoms with Crippen molar-refractivity contribution in [2.45, 2.75) is 6.54 Å². The van der Waals surface area contributed by atoms with E-state index in [2.05, 4.69) is 93.3 Å². The van der Waals surface area contributed by atoms with Gasteiger partial charge in [-0.05, 0) is 49.0 Å². The van der Waals surface area contributed by atoms with Crippen molar-refractivity contribution in [2.24, 2.45) is 0 Å². The maximum atomic E-state index is 4.71. The van der Waals surface area contributed by atoms with E-state index in [9.17, 15) is 0 Å². The van der Waals surface area contributed by atoms with Gasteiger partial charge in [-0.15, -0.1) is 0 Å². The van der Waals surface area contributed by atoms with Gasteiger partial charge in [0.1, 0.15) is 5.65 Å². The quantitative estimate of drug-likeness (QED) is 0.352. The Balaban J connectivity index is 1.34. The van der Waals surface area contributed by atoms with E-state index in [1.807, 2.05) is 13.2 Å². The Bertz CT molecular complexity index is 1200. The van der Waals surface area contributed by atoms with E-state index in [1.54, 1.807) is 0 Å². The topological polar surface area (TPSA) is 59.2 Å². The molecule has 2 aromatic heterocycles. The highest BCUT2D eigenvalue weighted by Gasteiger charge is 2.14. The SMILES string of the molecule is CNCCNCc1ccc(-c2c[nH]c3ncc(-c4ccc(N5CCN(C)CC5)cc4)cc23)cc1. The fourth-order valence-electron chi connectivity index (χ4n) is 4.58. The Morgan fingerprint density at radius 2 is 1.62 bits per heavy atom. The molecule has 5 rings (SSSR count). The summed E-state index contributed by atoms with van der Waals surface area (Å²) in [6.07, 6.45) is 4.03. The van der Waals surface area contributed by atoms with E-state index in [0.29, 0.717) is 0 Å². The van der Waals surface area contributed by atoms with Gasteiger partial charge < -0.3 is 25.4 Å². The predicted molar refractivity (Wildman–Crippen MR) is 142 cm³/mol. The average molecular weight is 455 g/mol. The number of benzene rings is 2. The van der Waals surface area contributed by atoms with Crippen molar-refractivity contribution >= 4 is 16.7 Å². The first-order valence-electron chi connectivity index (χ1n) is 12.2. The van der Waals surface area contributed by atoms with Gasteiger partial charge in [-0.1, -0.05) is 36.4 Å². The second-order valence-electron chi connectivity index (χ2n) is 9.14. The van der Waals surface area contributed by atoms with Crippen molar-refractivity contribution in [1.82, 2.24) is 25.5 Å². The lowest BCUT2D eigenvalue weighted by Gasteiger charge is -2.34. The zero-order valence-corrected chi connectivity index (χ0v) is 20.1. The molecule has 3 heterocycles. The fraction of sp³-hybridized carbons (Fsp3) is 0.321. The van der Waals surface area contributed by atoms with E-state index in [1.165, 1.54) is 27.9 Å². The summed E-state index contributed by atoms with van der Waals surface area (Å²) in [5, 5.41) is 7.77. The largest absolute Gasteiger partial charge is 0.369 e. The molecule has 1 fully saturated rings. The van der Waals surface area contributed by atoms with Gasteiger partial charge in [0.15, 0.2) is 0 Å². The number of pyridine rings is 1. The Hall–Kier alpha value is -3.19. The molecule has 176 valence electrons. The summed E-state index contributed by atoms with van der Waals surface area (Å²) in [5.41, 5.74) is 8.24. The zero-order chi connectivity index (χ0) is 23.3. The Morgan fingerprint density at radius 3 is 2.35 bits per heavy atom. The lowest BCUT2D eigenvalue weighted by atomic mass is 10.0. The first-order chi connectivity index (χ1) is 16.7. The van der Waals surface area contributed by atoms with Crippen LogP contribution in [-0.4, -0.2) is 68.2 Å². The molecule has 6 heteroatoms. The lowest BCUT2D eigenvalue weighted by molar-refractivity contribution is 0.313. The van der Waals surface area contributed by atoms with Crippen LogP contribution in [0.2, 0.25) is 0 Å². The van der Waals surface area contributed by atoms with E-state index in [4.69, 9.17) is 4.98 Å². The zero-order valence-electron chi connectivity index (χ0n) is 20.1. The number of aromatic amines is 1. The van der Waals surface area contributed by atoms with Crippen molar-refractivity contribution in [2.75, 3.05) is 58.3 Å². The van der Waals surface area contributed by atoms with E-state index >= 15 is 0 Å². The van der Waals surface area contributed by atoms with Gasteiger partial charge in [0.2, 0.25) is 0 Å². The second kappa shape index (κ2) is 10.4. The number of hydrogen-bond donors (Lipinski definition) is 3. The Labute approximate surface area is 202 Å². The predicted octanol–water partition coefficient (Wildman–Crippen LogP) is 3.96. The number of fused-ring (bicyclic) bond motifs is 1. The third-order valence-electron chi connectivity index (χ3n) is 6.75. The van der Waals surface area contributed by atoms with E-state index < -0.39 is 0 Å². The molecule has 0 saturated carbocycles. The Morgan fingerprint density at radius 1 is 0.882 bits per heavy atom. The minimum Gasteiger partial charge on any atom is -0.369 e. The third kappa shape index (κ3) is 4.99. The van der Waals surface area contributed by atoms with Crippen LogP contribution in [0.25, 0.3) is 33.3 Å². The van der Waals surface area contributed by atoms with Crippen LogP contribution in [0.5, 0.6) is 0 Å². The summed E-state index contributed by atoms with van der Waals surface area (Å²) in [5.74, 6) is 0. The number of nitrogens with one attached hydrogen (secondary N) is 3. The number of piperazine rings is 1.